The summed E-state index contributed by atoms with van der Waals surface area (Å²) in [6, 6.07) is 7.12. The van der Waals surface area contributed by atoms with Crippen LogP contribution in [0, 0.1) is 0 Å². The summed E-state index contributed by atoms with van der Waals surface area (Å²) in [5.74, 6) is 0.148. The van der Waals surface area contributed by atoms with Crippen LogP contribution in [0.15, 0.2) is 29.3 Å². The second-order valence-electron chi connectivity index (χ2n) is 4.87. The number of carbonyl (C=O) groups excluding carboxylic acids is 1. The Morgan fingerprint density at radius 3 is 2.54 bits per heavy atom. The average Bonchev–Trinajstić information content (AvgIpc) is 2.43. The number of halogens is 4. The van der Waals surface area contributed by atoms with E-state index in [0.717, 1.165) is 5.56 Å². The standard InChI is InChI=1S/C15H21F3N4O.HI/c1-3-19-14(20-8-7-15(16,17)18)21-10-12-5-4-6-13(9-12)22-11(2)23;/h4-6,9H,3,7-8,10H2,1-2H3,(H,22,23)(H2,19,20,21);1H. The van der Waals surface area contributed by atoms with Crippen molar-refractivity contribution in [3.8, 4) is 0 Å². The third-order valence-corrected chi connectivity index (χ3v) is 2.71. The summed E-state index contributed by atoms with van der Waals surface area (Å²) in [5.41, 5.74) is 1.49. The molecule has 0 unspecified atom stereocenters. The molecule has 0 aromatic heterocycles. The van der Waals surface area contributed by atoms with Gasteiger partial charge in [-0.05, 0) is 24.6 Å². The number of rotatable bonds is 6. The van der Waals surface area contributed by atoms with Gasteiger partial charge in [-0.15, -0.1) is 24.0 Å². The quantitative estimate of drug-likeness (QED) is 0.349. The number of nitrogens with zero attached hydrogens (tertiary/aromatic N) is 1. The van der Waals surface area contributed by atoms with Gasteiger partial charge < -0.3 is 16.0 Å². The monoisotopic (exact) mass is 458 g/mol. The fourth-order valence-electron chi connectivity index (χ4n) is 1.79. The number of carbonyl (C=O) groups is 1. The fourth-order valence-corrected chi connectivity index (χ4v) is 1.79. The first-order chi connectivity index (χ1) is 10.8. The van der Waals surface area contributed by atoms with Crippen LogP contribution in [-0.2, 0) is 11.3 Å². The van der Waals surface area contributed by atoms with E-state index in [2.05, 4.69) is 20.9 Å². The number of alkyl halides is 3. The Kier molecular flexibility index (Phi) is 10.4. The minimum atomic E-state index is -4.20. The molecule has 3 N–H and O–H groups in total. The van der Waals surface area contributed by atoms with E-state index in [-0.39, 0.29) is 43.0 Å². The SMILES string of the molecule is CCNC(=NCc1cccc(NC(C)=O)c1)NCCC(F)(F)F.I. The summed E-state index contributed by atoms with van der Waals surface area (Å²) >= 11 is 0. The third-order valence-electron chi connectivity index (χ3n) is 2.71. The van der Waals surface area contributed by atoms with Crippen LogP contribution in [0.4, 0.5) is 18.9 Å². The van der Waals surface area contributed by atoms with Gasteiger partial charge in [-0.1, -0.05) is 12.1 Å². The van der Waals surface area contributed by atoms with E-state index in [1.165, 1.54) is 6.92 Å². The summed E-state index contributed by atoms with van der Waals surface area (Å²) in [4.78, 5) is 15.3. The molecule has 24 heavy (non-hydrogen) atoms. The van der Waals surface area contributed by atoms with E-state index in [0.29, 0.717) is 18.2 Å². The second kappa shape index (κ2) is 11.1. The molecular formula is C15H22F3IN4O. The van der Waals surface area contributed by atoms with Gasteiger partial charge >= 0.3 is 6.18 Å². The van der Waals surface area contributed by atoms with Gasteiger partial charge in [0.2, 0.25) is 5.91 Å². The molecule has 1 aromatic carbocycles. The van der Waals surface area contributed by atoms with Gasteiger partial charge in [-0.2, -0.15) is 13.2 Å². The molecule has 0 radical (unpaired) electrons. The van der Waals surface area contributed by atoms with Crippen LogP contribution in [0.25, 0.3) is 0 Å². The summed E-state index contributed by atoms with van der Waals surface area (Å²) in [7, 11) is 0. The van der Waals surface area contributed by atoms with Crippen molar-refractivity contribution in [1.29, 1.82) is 0 Å². The number of anilines is 1. The zero-order chi connectivity index (χ0) is 17.3. The van der Waals surface area contributed by atoms with Crippen LogP contribution in [0.5, 0.6) is 0 Å². The second-order valence-corrected chi connectivity index (χ2v) is 4.87. The van der Waals surface area contributed by atoms with Crippen molar-refractivity contribution in [2.24, 2.45) is 4.99 Å². The van der Waals surface area contributed by atoms with Crippen LogP contribution in [0.1, 0.15) is 25.8 Å². The molecule has 1 aromatic rings. The maximum atomic E-state index is 12.2. The molecule has 0 aliphatic rings. The van der Waals surface area contributed by atoms with Crippen molar-refractivity contribution in [3.05, 3.63) is 29.8 Å². The van der Waals surface area contributed by atoms with Gasteiger partial charge in [0.1, 0.15) is 0 Å². The minimum Gasteiger partial charge on any atom is -0.357 e. The molecule has 0 spiro atoms. The lowest BCUT2D eigenvalue weighted by Crippen LogP contribution is -2.38. The molecule has 1 amide bonds. The van der Waals surface area contributed by atoms with Crippen molar-refractivity contribution >= 4 is 41.5 Å². The first-order valence-corrected chi connectivity index (χ1v) is 7.25. The van der Waals surface area contributed by atoms with Crippen LogP contribution >= 0.6 is 24.0 Å². The minimum absolute atomic E-state index is 0. The highest BCUT2D eigenvalue weighted by atomic mass is 127. The van der Waals surface area contributed by atoms with Crippen molar-refractivity contribution in [1.82, 2.24) is 10.6 Å². The van der Waals surface area contributed by atoms with Gasteiger partial charge in [-0.3, -0.25) is 4.79 Å². The van der Waals surface area contributed by atoms with Crippen LogP contribution in [-0.4, -0.2) is 31.1 Å². The van der Waals surface area contributed by atoms with E-state index in [1.807, 2.05) is 13.0 Å². The van der Waals surface area contributed by atoms with Crippen molar-refractivity contribution in [2.75, 3.05) is 18.4 Å². The molecule has 1 rings (SSSR count). The number of aliphatic imine (C=N–C) groups is 1. The Labute approximate surface area is 156 Å². The number of hydrogen-bond acceptors (Lipinski definition) is 2. The summed E-state index contributed by atoms with van der Waals surface area (Å²) < 4.78 is 36.5. The number of guanidine groups is 1. The van der Waals surface area contributed by atoms with Crippen molar-refractivity contribution in [3.63, 3.8) is 0 Å². The molecule has 0 fully saturated rings. The summed E-state index contributed by atoms with van der Waals surface area (Å²) in [6.07, 6.45) is -5.12. The lowest BCUT2D eigenvalue weighted by Gasteiger charge is -2.12. The molecule has 0 aliphatic carbocycles. The van der Waals surface area contributed by atoms with E-state index in [4.69, 9.17) is 0 Å². The fraction of sp³-hybridized carbons (Fsp3) is 0.467. The zero-order valence-corrected chi connectivity index (χ0v) is 15.9. The van der Waals surface area contributed by atoms with Gasteiger partial charge in [0.25, 0.3) is 0 Å². The van der Waals surface area contributed by atoms with E-state index in [9.17, 15) is 18.0 Å². The Balaban J connectivity index is 0.00000529. The molecule has 0 aliphatic heterocycles. The molecule has 0 atom stereocenters. The first-order valence-electron chi connectivity index (χ1n) is 7.25. The maximum Gasteiger partial charge on any atom is 0.390 e. The number of benzene rings is 1. The normalized spacial score (nSPS) is 11.5. The highest BCUT2D eigenvalue weighted by molar-refractivity contribution is 14.0. The van der Waals surface area contributed by atoms with E-state index < -0.39 is 12.6 Å². The number of amides is 1. The largest absolute Gasteiger partial charge is 0.390 e. The van der Waals surface area contributed by atoms with E-state index >= 15 is 0 Å². The molecule has 0 bridgehead atoms. The Bertz CT molecular complexity index is 550. The molecule has 5 nitrogen and oxygen atoms in total. The highest BCUT2D eigenvalue weighted by Crippen LogP contribution is 2.18. The first kappa shape index (κ1) is 22.5. The number of nitrogens with one attached hydrogen (secondary N) is 3. The maximum absolute atomic E-state index is 12.2. The van der Waals surface area contributed by atoms with Crippen LogP contribution < -0.4 is 16.0 Å². The van der Waals surface area contributed by atoms with E-state index in [1.54, 1.807) is 18.2 Å². The third kappa shape index (κ3) is 10.3. The van der Waals surface area contributed by atoms with Gasteiger partial charge in [-0.25, -0.2) is 4.99 Å². The predicted molar refractivity (Wildman–Crippen MR) is 99.7 cm³/mol. The summed E-state index contributed by atoms with van der Waals surface area (Å²) in [5, 5.41) is 8.20. The Morgan fingerprint density at radius 2 is 1.96 bits per heavy atom. The van der Waals surface area contributed by atoms with Crippen molar-refractivity contribution < 1.29 is 18.0 Å². The lowest BCUT2D eigenvalue weighted by atomic mass is 10.2. The topological polar surface area (TPSA) is 65.5 Å². The predicted octanol–water partition coefficient (Wildman–Crippen LogP) is 3.27. The molecule has 9 heteroatoms. The molecule has 0 saturated heterocycles. The lowest BCUT2D eigenvalue weighted by molar-refractivity contribution is -0.132. The van der Waals surface area contributed by atoms with Gasteiger partial charge in [0, 0.05) is 25.7 Å². The molecule has 0 saturated carbocycles. The average molecular weight is 458 g/mol. The Hall–Kier alpha value is -1.52. The van der Waals surface area contributed by atoms with Gasteiger partial charge in [0.15, 0.2) is 5.96 Å². The van der Waals surface area contributed by atoms with Crippen LogP contribution in [0.2, 0.25) is 0 Å². The smallest absolute Gasteiger partial charge is 0.357 e. The summed E-state index contributed by atoms with van der Waals surface area (Å²) in [6.45, 7) is 3.84. The van der Waals surface area contributed by atoms with Gasteiger partial charge in [0.05, 0.1) is 13.0 Å². The zero-order valence-electron chi connectivity index (χ0n) is 13.5. The van der Waals surface area contributed by atoms with Crippen molar-refractivity contribution in [2.45, 2.75) is 33.0 Å². The number of hydrogen-bond donors (Lipinski definition) is 3. The molecular weight excluding hydrogens is 436 g/mol. The molecule has 136 valence electrons. The highest BCUT2D eigenvalue weighted by Gasteiger charge is 2.26. The Morgan fingerprint density at radius 1 is 1.25 bits per heavy atom. The molecule has 0 heterocycles. The van der Waals surface area contributed by atoms with Crippen LogP contribution in [0.3, 0.4) is 0 Å².